The van der Waals surface area contributed by atoms with Crippen molar-refractivity contribution in [1.82, 2.24) is 4.90 Å². The summed E-state index contributed by atoms with van der Waals surface area (Å²) in [6, 6.07) is 0.199. The number of urea groups is 1. The van der Waals surface area contributed by atoms with E-state index in [9.17, 15) is 4.79 Å². The Hall–Kier alpha value is -0.730. The van der Waals surface area contributed by atoms with Crippen molar-refractivity contribution in [2.45, 2.75) is 51.5 Å². The zero-order chi connectivity index (χ0) is 9.68. The van der Waals surface area contributed by atoms with Gasteiger partial charge in [0.15, 0.2) is 0 Å². The summed E-state index contributed by atoms with van der Waals surface area (Å²) in [5.74, 6) is 0. The monoisotopic (exact) mass is 184 g/mol. The Morgan fingerprint density at radius 1 is 1.46 bits per heavy atom. The van der Waals surface area contributed by atoms with Gasteiger partial charge in [0.1, 0.15) is 0 Å². The van der Waals surface area contributed by atoms with E-state index >= 15 is 0 Å². The standard InChI is InChI=1S/C10H20N2O/c1-2-3-8-12(10(11)13)9-6-4-5-7-9/h9H,2-8H2,1H3,(H2,11,13). The van der Waals surface area contributed by atoms with Gasteiger partial charge in [-0.3, -0.25) is 0 Å². The van der Waals surface area contributed by atoms with Gasteiger partial charge in [0.2, 0.25) is 0 Å². The molecule has 0 bridgehead atoms. The second kappa shape index (κ2) is 5.10. The molecule has 0 aliphatic heterocycles. The van der Waals surface area contributed by atoms with Crippen LogP contribution in [0.25, 0.3) is 0 Å². The molecular weight excluding hydrogens is 164 g/mol. The van der Waals surface area contributed by atoms with Crippen LogP contribution in [0.5, 0.6) is 0 Å². The van der Waals surface area contributed by atoms with Gasteiger partial charge >= 0.3 is 6.03 Å². The van der Waals surface area contributed by atoms with E-state index in [-0.39, 0.29) is 6.03 Å². The van der Waals surface area contributed by atoms with Crippen molar-refractivity contribution in [1.29, 1.82) is 0 Å². The van der Waals surface area contributed by atoms with Gasteiger partial charge < -0.3 is 10.6 Å². The van der Waals surface area contributed by atoms with Crippen molar-refractivity contribution in [3.05, 3.63) is 0 Å². The predicted octanol–water partition coefficient (Wildman–Crippen LogP) is 2.11. The maximum Gasteiger partial charge on any atom is 0.315 e. The maximum absolute atomic E-state index is 11.1. The number of carbonyl (C=O) groups excluding carboxylic acids is 1. The molecule has 1 fully saturated rings. The van der Waals surface area contributed by atoms with E-state index in [2.05, 4.69) is 6.92 Å². The number of nitrogens with zero attached hydrogens (tertiary/aromatic N) is 1. The molecule has 2 N–H and O–H groups in total. The first kappa shape index (κ1) is 10.4. The zero-order valence-electron chi connectivity index (χ0n) is 8.46. The van der Waals surface area contributed by atoms with Crippen LogP contribution in [-0.4, -0.2) is 23.5 Å². The Kier molecular flexibility index (Phi) is 4.06. The van der Waals surface area contributed by atoms with Gasteiger partial charge in [-0.25, -0.2) is 4.79 Å². The van der Waals surface area contributed by atoms with Gasteiger partial charge in [0.05, 0.1) is 0 Å². The minimum atomic E-state index is -0.236. The predicted molar refractivity (Wildman–Crippen MR) is 53.5 cm³/mol. The largest absolute Gasteiger partial charge is 0.351 e. The van der Waals surface area contributed by atoms with E-state index in [0.717, 1.165) is 32.2 Å². The van der Waals surface area contributed by atoms with Crippen LogP contribution >= 0.6 is 0 Å². The first-order valence-corrected chi connectivity index (χ1v) is 5.31. The van der Waals surface area contributed by atoms with Crippen LogP contribution in [0.1, 0.15) is 45.4 Å². The number of hydrogen-bond acceptors (Lipinski definition) is 1. The summed E-state index contributed by atoms with van der Waals surface area (Å²) >= 11 is 0. The molecule has 0 aromatic heterocycles. The lowest BCUT2D eigenvalue weighted by Gasteiger charge is -2.26. The topological polar surface area (TPSA) is 46.3 Å². The van der Waals surface area contributed by atoms with Crippen LogP contribution in [0, 0.1) is 0 Å². The van der Waals surface area contributed by atoms with Crippen molar-refractivity contribution in [3.63, 3.8) is 0 Å². The highest BCUT2D eigenvalue weighted by atomic mass is 16.2. The Morgan fingerprint density at radius 2 is 2.08 bits per heavy atom. The zero-order valence-corrected chi connectivity index (χ0v) is 8.46. The fourth-order valence-corrected chi connectivity index (χ4v) is 2.02. The van der Waals surface area contributed by atoms with Crippen molar-refractivity contribution in [3.8, 4) is 0 Å². The molecule has 1 rings (SSSR count). The normalized spacial score (nSPS) is 17.6. The average molecular weight is 184 g/mol. The van der Waals surface area contributed by atoms with Gasteiger partial charge in [-0.15, -0.1) is 0 Å². The molecule has 2 amide bonds. The fraction of sp³-hybridized carbons (Fsp3) is 0.900. The quantitative estimate of drug-likeness (QED) is 0.714. The van der Waals surface area contributed by atoms with Gasteiger partial charge in [0.25, 0.3) is 0 Å². The molecule has 3 heteroatoms. The summed E-state index contributed by atoms with van der Waals surface area (Å²) in [7, 11) is 0. The van der Waals surface area contributed by atoms with Crippen LogP contribution in [0.15, 0.2) is 0 Å². The third-order valence-corrected chi connectivity index (χ3v) is 2.80. The molecule has 0 unspecified atom stereocenters. The second-order valence-electron chi connectivity index (χ2n) is 3.82. The number of carbonyl (C=O) groups is 1. The second-order valence-corrected chi connectivity index (χ2v) is 3.82. The number of rotatable bonds is 4. The van der Waals surface area contributed by atoms with Crippen LogP contribution in [0.3, 0.4) is 0 Å². The van der Waals surface area contributed by atoms with Crippen molar-refractivity contribution < 1.29 is 4.79 Å². The van der Waals surface area contributed by atoms with Crippen LogP contribution < -0.4 is 5.73 Å². The molecule has 0 spiro atoms. The van der Waals surface area contributed by atoms with Crippen LogP contribution in [0.4, 0.5) is 4.79 Å². The number of hydrogen-bond donors (Lipinski definition) is 1. The van der Waals surface area contributed by atoms with E-state index < -0.39 is 0 Å². The van der Waals surface area contributed by atoms with E-state index in [1.807, 2.05) is 4.90 Å². The summed E-state index contributed by atoms with van der Waals surface area (Å²) in [6.45, 7) is 2.98. The number of nitrogens with two attached hydrogens (primary N) is 1. The first-order valence-electron chi connectivity index (χ1n) is 5.31. The summed E-state index contributed by atoms with van der Waals surface area (Å²) in [4.78, 5) is 13.0. The van der Waals surface area contributed by atoms with Gasteiger partial charge in [-0.2, -0.15) is 0 Å². The fourth-order valence-electron chi connectivity index (χ4n) is 2.02. The highest BCUT2D eigenvalue weighted by molar-refractivity contribution is 5.72. The summed E-state index contributed by atoms with van der Waals surface area (Å²) in [6.07, 6.45) is 6.98. The molecular formula is C10H20N2O. The van der Waals surface area contributed by atoms with Gasteiger partial charge in [0, 0.05) is 12.6 Å². The molecule has 0 atom stereocenters. The van der Waals surface area contributed by atoms with Gasteiger partial charge in [-0.05, 0) is 19.3 Å². The molecule has 3 nitrogen and oxygen atoms in total. The Morgan fingerprint density at radius 3 is 2.54 bits per heavy atom. The third-order valence-electron chi connectivity index (χ3n) is 2.80. The molecule has 13 heavy (non-hydrogen) atoms. The lowest BCUT2D eigenvalue weighted by atomic mass is 10.2. The number of unbranched alkanes of at least 4 members (excludes halogenated alkanes) is 1. The molecule has 0 aromatic rings. The number of primary amides is 1. The molecule has 1 aliphatic carbocycles. The minimum Gasteiger partial charge on any atom is -0.351 e. The SMILES string of the molecule is CCCCN(C(N)=O)C1CCCC1. The van der Waals surface area contributed by atoms with E-state index in [1.54, 1.807) is 0 Å². The smallest absolute Gasteiger partial charge is 0.315 e. The summed E-state index contributed by atoms with van der Waals surface area (Å²) < 4.78 is 0. The average Bonchev–Trinajstić information content (AvgIpc) is 2.57. The molecule has 0 saturated heterocycles. The van der Waals surface area contributed by atoms with E-state index in [0.29, 0.717) is 6.04 Å². The van der Waals surface area contributed by atoms with E-state index in [1.165, 1.54) is 12.8 Å². The summed E-state index contributed by atoms with van der Waals surface area (Å²) in [5, 5.41) is 0. The Bertz CT molecular complexity index is 164. The maximum atomic E-state index is 11.1. The Balaban J connectivity index is 2.40. The van der Waals surface area contributed by atoms with Crippen LogP contribution in [0.2, 0.25) is 0 Å². The van der Waals surface area contributed by atoms with Crippen LogP contribution in [-0.2, 0) is 0 Å². The molecule has 1 aliphatic rings. The minimum absolute atomic E-state index is 0.236. The highest BCUT2D eigenvalue weighted by Crippen LogP contribution is 2.23. The lowest BCUT2D eigenvalue weighted by molar-refractivity contribution is 0.183. The van der Waals surface area contributed by atoms with Crippen molar-refractivity contribution in [2.24, 2.45) is 5.73 Å². The van der Waals surface area contributed by atoms with Gasteiger partial charge in [-0.1, -0.05) is 26.2 Å². The molecule has 1 saturated carbocycles. The third kappa shape index (κ3) is 2.90. The number of amides is 2. The van der Waals surface area contributed by atoms with Crippen molar-refractivity contribution in [2.75, 3.05) is 6.54 Å². The molecule has 0 aromatic carbocycles. The summed E-state index contributed by atoms with van der Waals surface area (Å²) in [5.41, 5.74) is 5.34. The molecule has 0 radical (unpaired) electrons. The van der Waals surface area contributed by atoms with Crippen molar-refractivity contribution >= 4 is 6.03 Å². The lowest BCUT2D eigenvalue weighted by Crippen LogP contribution is -2.42. The Labute approximate surface area is 80.3 Å². The molecule has 76 valence electrons. The molecule has 0 heterocycles. The van der Waals surface area contributed by atoms with E-state index in [4.69, 9.17) is 5.73 Å². The highest BCUT2D eigenvalue weighted by Gasteiger charge is 2.24. The first-order chi connectivity index (χ1) is 6.25.